The summed E-state index contributed by atoms with van der Waals surface area (Å²) < 4.78 is 31.7. The highest BCUT2D eigenvalue weighted by atomic mass is 32.2. The molecule has 4 aromatic rings. The number of hydrogen-bond acceptors (Lipinski definition) is 6. The van der Waals surface area contributed by atoms with Gasteiger partial charge in [-0.1, -0.05) is 32.0 Å². The Bertz CT molecular complexity index is 1510. The molecule has 0 aliphatic heterocycles. The summed E-state index contributed by atoms with van der Waals surface area (Å²) in [5, 5.41) is 2.87. The molecule has 0 spiro atoms. The Kier molecular flexibility index (Phi) is 12.1. The molecule has 0 saturated carbocycles. The van der Waals surface area contributed by atoms with Crippen molar-refractivity contribution in [1.29, 1.82) is 0 Å². The summed E-state index contributed by atoms with van der Waals surface area (Å²) in [5.41, 5.74) is 4.34. The number of imidazole rings is 1. The number of carbonyl (C=O) groups is 1. The lowest BCUT2D eigenvalue weighted by Gasteiger charge is -2.10. The fourth-order valence-electron chi connectivity index (χ4n) is 4.42. The lowest BCUT2D eigenvalue weighted by molar-refractivity contribution is -0.111. The first-order valence-corrected chi connectivity index (χ1v) is 15.8. The molecule has 1 N–H and O–H groups in total. The van der Waals surface area contributed by atoms with Crippen molar-refractivity contribution in [3.05, 3.63) is 96.6 Å². The highest BCUT2D eigenvalue weighted by molar-refractivity contribution is 7.84. The molecule has 8 nitrogen and oxygen atoms in total. The van der Waals surface area contributed by atoms with Crippen LogP contribution in [0.4, 0.5) is 5.69 Å². The number of benzene rings is 3. The van der Waals surface area contributed by atoms with Crippen LogP contribution in [-0.2, 0) is 32.6 Å². The van der Waals surface area contributed by atoms with Crippen molar-refractivity contribution in [1.82, 2.24) is 9.55 Å². The van der Waals surface area contributed by atoms with Crippen LogP contribution in [0.5, 0.6) is 11.5 Å². The first kappa shape index (κ1) is 31.7. The van der Waals surface area contributed by atoms with E-state index in [9.17, 15) is 9.00 Å². The minimum absolute atomic E-state index is 0.283. The van der Waals surface area contributed by atoms with Gasteiger partial charge in [0.25, 0.3) is 0 Å². The SMILES string of the molecule is CCCOCCOc1ccc(-c2ccc(OC)c(/C=C/C(=O)Nc3ccc([S@@](=O)Cc4cncn4CCC)cc3)c2)cc1. The second kappa shape index (κ2) is 16.4. The molecule has 4 rings (SSSR count). The summed E-state index contributed by atoms with van der Waals surface area (Å²) in [5.74, 6) is 1.55. The Balaban J connectivity index is 1.35. The summed E-state index contributed by atoms with van der Waals surface area (Å²) in [6, 6.07) is 20.8. The Labute approximate surface area is 256 Å². The van der Waals surface area contributed by atoms with Crippen molar-refractivity contribution in [2.75, 3.05) is 32.2 Å². The monoisotopic (exact) mass is 601 g/mol. The van der Waals surface area contributed by atoms with Crippen LogP contribution < -0.4 is 14.8 Å². The van der Waals surface area contributed by atoms with Gasteiger partial charge in [-0.3, -0.25) is 9.00 Å². The number of aryl methyl sites for hydroxylation is 1. The van der Waals surface area contributed by atoms with Crippen LogP contribution in [0.3, 0.4) is 0 Å². The molecule has 0 aliphatic rings. The summed E-state index contributed by atoms with van der Waals surface area (Å²) >= 11 is 0. The molecule has 1 atom stereocenters. The largest absolute Gasteiger partial charge is 0.496 e. The van der Waals surface area contributed by atoms with E-state index in [1.54, 1.807) is 50.0 Å². The van der Waals surface area contributed by atoms with Gasteiger partial charge in [-0.25, -0.2) is 4.98 Å². The lowest BCUT2D eigenvalue weighted by atomic mass is 10.0. The number of nitrogens with one attached hydrogen (secondary N) is 1. The maximum absolute atomic E-state index is 12.9. The number of hydrogen-bond donors (Lipinski definition) is 1. The van der Waals surface area contributed by atoms with E-state index >= 15 is 0 Å². The molecule has 0 fully saturated rings. The standard InChI is InChI=1S/C34H39N3O5S/c1-4-18-37-25-35-23-30(37)24-43(39)32-14-10-29(11-15-32)36-34(38)17-9-28-22-27(8-16-33(28)40-3)26-6-12-31(13-7-26)42-21-20-41-19-5-2/h6-17,22-23,25H,4-5,18-21,24H2,1-3H3,(H,36,38)/b17-9+/t43-/m0/s1. The molecule has 226 valence electrons. The quantitative estimate of drug-likeness (QED) is 0.113. The van der Waals surface area contributed by atoms with E-state index in [4.69, 9.17) is 14.2 Å². The van der Waals surface area contributed by atoms with Gasteiger partial charge >= 0.3 is 0 Å². The van der Waals surface area contributed by atoms with Crippen molar-refractivity contribution in [2.45, 2.75) is 43.9 Å². The maximum Gasteiger partial charge on any atom is 0.248 e. The van der Waals surface area contributed by atoms with Gasteiger partial charge in [0.1, 0.15) is 18.1 Å². The smallest absolute Gasteiger partial charge is 0.248 e. The Morgan fingerprint density at radius 1 is 0.953 bits per heavy atom. The molecule has 43 heavy (non-hydrogen) atoms. The normalized spacial score (nSPS) is 11.9. The van der Waals surface area contributed by atoms with E-state index in [2.05, 4.69) is 24.1 Å². The first-order chi connectivity index (χ1) is 21.0. The van der Waals surface area contributed by atoms with Gasteiger partial charge < -0.3 is 24.1 Å². The minimum atomic E-state index is -1.22. The van der Waals surface area contributed by atoms with Gasteiger partial charge in [-0.15, -0.1) is 0 Å². The molecule has 9 heteroatoms. The van der Waals surface area contributed by atoms with E-state index in [1.807, 2.05) is 47.0 Å². The summed E-state index contributed by atoms with van der Waals surface area (Å²) in [6.07, 6.45) is 8.71. The molecule has 0 saturated heterocycles. The Hall–Kier alpha value is -4.21. The van der Waals surface area contributed by atoms with Crippen molar-refractivity contribution in [3.8, 4) is 22.6 Å². The summed E-state index contributed by atoms with van der Waals surface area (Å²) in [7, 11) is 0.387. The molecule has 0 bridgehead atoms. The number of amides is 1. The highest BCUT2D eigenvalue weighted by Crippen LogP contribution is 2.29. The fraction of sp³-hybridized carbons (Fsp3) is 0.294. The summed E-state index contributed by atoms with van der Waals surface area (Å²) in [4.78, 5) is 17.6. The van der Waals surface area contributed by atoms with Crippen molar-refractivity contribution >= 4 is 28.5 Å². The van der Waals surface area contributed by atoms with E-state index in [0.717, 1.165) is 54.1 Å². The number of methoxy groups -OCH3 is 1. The van der Waals surface area contributed by atoms with Gasteiger partial charge in [-0.05, 0) is 78.6 Å². The van der Waals surface area contributed by atoms with Crippen LogP contribution in [0.2, 0.25) is 0 Å². The maximum atomic E-state index is 12.9. The molecule has 0 radical (unpaired) electrons. The average molecular weight is 602 g/mol. The van der Waals surface area contributed by atoms with E-state index in [0.29, 0.717) is 35.3 Å². The number of rotatable bonds is 16. The zero-order chi connectivity index (χ0) is 30.4. The minimum Gasteiger partial charge on any atom is -0.496 e. The van der Waals surface area contributed by atoms with Crippen LogP contribution in [0.25, 0.3) is 17.2 Å². The molecule has 0 aliphatic carbocycles. The summed E-state index contributed by atoms with van der Waals surface area (Å²) in [6.45, 7) is 6.83. The van der Waals surface area contributed by atoms with Gasteiger partial charge in [0.05, 0.1) is 42.3 Å². The van der Waals surface area contributed by atoms with Crippen LogP contribution in [0, 0.1) is 0 Å². The van der Waals surface area contributed by atoms with Crippen LogP contribution in [0.15, 0.2) is 90.2 Å². The third kappa shape index (κ3) is 9.39. The predicted octanol–water partition coefficient (Wildman–Crippen LogP) is 6.73. The van der Waals surface area contributed by atoms with Crippen molar-refractivity contribution < 1.29 is 23.2 Å². The third-order valence-corrected chi connectivity index (χ3v) is 7.96. The van der Waals surface area contributed by atoms with Crippen LogP contribution >= 0.6 is 0 Å². The topological polar surface area (TPSA) is 91.7 Å². The number of carbonyl (C=O) groups excluding carboxylic acids is 1. The zero-order valence-corrected chi connectivity index (χ0v) is 25.8. The highest BCUT2D eigenvalue weighted by Gasteiger charge is 2.10. The molecule has 3 aromatic carbocycles. The average Bonchev–Trinajstić information content (AvgIpc) is 3.46. The number of ether oxygens (including phenoxy) is 3. The molecular weight excluding hydrogens is 562 g/mol. The van der Waals surface area contributed by atoms with Gasteiger partial charge in [0.2, 0.25) is 5.91 Å². The Morgan fingerprint density at radius 2 is 1.72 bits per heavy atom. The van der Waals surface area contributed by atoms with Crippen molar-refractivity contribution in [2.24, 2.45) is 0 Å². The third-order valence-electron chi connectivity index (χ3n) is 6.60. The predicted molar refractivity (Wildman–Crippen MR) is 172 cm³/mol. The van der Waals surface area contributed by atoms with E-state index < -0.39 is 10.8 Å². The van der Waals surface area contributed by atoms with Gasteiger partial charge in [0.15, 0.2) is 0 Å². The number of aromatic nitrogens is 2. The van der Waals surface area contributed by atoms with E-state index in [-0.39, 0.29) is 5.91 Å². The lowest BCUT2D eigenvalue weighted by Crippen LogP contribution is -2.08. The molecule has 0 unspecified atom stereocenters. The van der Waals surface area contributed by atoms with Crippen LogP contribution in [-0.4, -0.2) is 46.6 Å². The second-order valence-electron chi connectivity index (χ2n) is 9.86. The molecule has 1 aromatic heterocycles. The molecular formula is C34H39N3O5S. The Morgan fingerprint density at radius 3 is 2.44 bits per heavy atom. The van der Waals surface area contributed by atoms with E-state index in [1.165, 1.54) is 6.08 Å². The number of anilines is 1. The van der Waals surface area contributed by atoms with Crippen molar-refractivity contribution in [3.63, 3.8) is 0 Å². The first-order valence-electron chi connectivity index (χ1n) is 14.5. The molecule has 1 amide bonds. The fourth-order valence-corrected chi connectivity index (χ4v) is 5.54. The second-order valence-corrected chi connectivity index (χ2v) is 11.3. The van der Waals surface area contributed by atoms with Gasteiger partial charge in [-0.2, -0.15) is 0 Å². The molecule has 1 heterocycles. The van der Waals surface area contributed by atoms with Crippen LogP contribution in [0.1, 0.15) is 37.9 Å². The van der Waals surface area contributed by atoms with Gasteiger partial charge in [0, 0.05) is 41.6 Å². The zero-order valence-electron chi connectivity index (χ0n) is 25.0. The number of nitrogens with zero attached hydrogens (tertiary/aromatic N) is 2.